The van der Waals surface area contributed by atoms with Crippen molar-refractivity contribution in [1.29, 1.82) is 0 Å². The van der Waals surface area contributed by atoms with Crippen LogP contribution >= 0.6 is 15.9 Å². The molecule has 0 aliphatic carbocycles. The first-order chi connectivity index (χ1) is 8.86. The lowest BCUT2D eigenvalue weighted by atomic mass is 10.1. The molecule has 0 fully saturated rings. The van der Waals surface area contributed by atoms with Gasteiger partial charge in [-0.3, -0.25) is 9.59 Å². The monoisotopic (exact) mass is 327 g/mol. The van der Waals surface area contributed by atoms with Crippen molar-refractivity contribution in [3.63, 3.8) is 0 Å². The van der Waals surface area contributed by atoms with Gasteiger partial charge >= 0.3 is 5.97 Å². The summed E-state index contributed by atoms with van der Waals surface area (Å²) in [6.45, 7) is 5.64. The molecule has 1 aromatic rings. The molecule has 5 heteroatoms. The van der Waals surface area contributed by atoms with Crippen LogP contribution in [0.3, 0.4) is 0 Å². The van der Waals surface area contributed by atoms with Gasteiger partial charge in [-0.25, -0.2) is 0 Å². The second kappa shape index (κ2) is 6.70. The predicted octanol–water partition coefficient (Wildman–Crippen LogP) is 2.78. The van der Waals surface area contributed by atoms with Gasteiger partial charge in [-0.1, -0.05) is 22.0 Å². The molecule has 1 amide bonds. The summed E-state index contributed by atoms with van der Waals surface area (Å²) in [6.07, 6.45) is 0. The number of aryl methyl sites for hydroxylation is 1. The molecule has 1 rings (SSSR count). The number of nitrogens with zero attached hydrogens (tertiary/aromatic N) is 1. The minimum absolute atomic E-state index is 0.0432. The number of halogens is 1. The number of methoxy groups -OCH3 is 1. The molecule has 1 aromatic carbocycles. The fourth-order valence-electron chi connectivity index (χ4n) is 1.58. The van der Waals surface area contributed by atoms with Crippen molar-refractivity contribution in [2.75, 3.05) is 13.7 Å². The number of carbonyl (C=O) groups is 2. The van der Waals surface area contributed by atoms with Gasteiger partial charge in [0.1, 0.15) is 6.54 Å². The standard InChI is InChI=1S/C14H18BrNO3/c1-9(2)16(8-13(17)19-4)14(18)11-6-5-10(3)12(15)7-11/h5-7,9H,8H2,1-4H3. The van der Waals surface area contributed by atoms with E-state index >= 15 is 0 Å². The highest BCUT2D eigenvalue weighted by molar-refractivity contribution is 9.10. The van der Waals surface area contributed by atoms with E-state index in [4.69, 9.17) is 0 Å². The lowest BCUT2D eigenvalue weighted by Crippen LogP contribution is -2.41. The molecule has 0 aliphatic heterocycles. The Balaban J connectivity index is 2.99. The Labute approximate surface area is 121 Å². The van der Waals surface area contributed by atoms with Crippen molar-refractivity contribution >= 4 is 27.8 Å². The molecule has 0 aromatic heterocycles. The number of carbonyl (C=O) groups excluding carboxylic acids is 2. The van der Waals surface area contributed by atoms with Crippen molar-refractivity contribution in [2.45, 2.75) is 26.8 Å². The fraction of sp³-hybridized carbons (Fsp3) is 0.429. The van der Waals surface area contributed by atoms with Crippen LogP contribution in [0.1, 0.15) is 29.8 Å². The topological polar surface area (TPSA) is 46.6 Å². The summed E-state index contributed by atoms with van der Waals surface area (Å²) in [5, 5.41) is 0. The van der Waals surface area contributed by atoms with Gasteiger partial charge < -0.3 is 9.64 Å². The predicted molar refractivity (Wildman–Crippen MR) is 77.1 cm³/mol. The van der Waals surface area contributed by atoms with E-state index in [0.29, 0.717) is 5.56 Å². The maximum atomic E-state index is 12.4. The molecule has 104 valence electrons. The van der Waals surface area contributed by atoms with E-state index in [-0.39, 0.29) is 18.5 Å². The van der Waals surface area contributed by atoms with Gasteiger partial charge in [0.05, 0.1) is 7.11 Å². The van der Waals surface area contributed by atoms with Gasteiger partial charge in [-0.15, -0.1) is 0 Å². The second-order valence-corrected chi connectivity index (χ2v) is 5.42. The number of benzene rings is 1. The Morgan fingerprint density at radius 1 is 1.37 bits per heavy atom. The summed E-state index contributed by atoms with van der Waals surface area (Å²) in [4.78, 5) is 25.2. The molecule has 0 unspecified atom stereocenters. The van der Waals surface area contributed by atoms with Gasteiger partial charge in [0.15, 0.2) is 0 Å². The molecular formula is C14H18BrNO3. The van der Waals surface area contributed by atoms with Crippen molar-refractivity contribution in [3.8, 4) is 0 Å². The van der Waals surface area contributed by atoms with Gasteiger partial charge in [0.2, 0.25) is 0 Å². The van der Waals surface area contributed by atoms with Crippen LogP contribution < -0.4 is 0 Å². The molecule has 0 radical (unpaired) electrons. The lowest BCUT2D eigenvalue weighted by Gasteiger charge is -2.25. The zero-order valence-corrected chi connectivity index (χ0v) is 13.2. The Kier molecular flexibility index (Phi) is 5.54. The summed E-state index contributed by atoms with van der Waals surface area (Å²) in [6, 6.07) is 5.32. The molecule has 4 nitrogen and oxygen atoms in total. The first-order valence-corrected chi connectivity index (χ1v) is 6.80. The summed E-state index contributed by atoms with van der Waals surface area (Å²) < 4.78 is 5.49. The zero-order valence-electron chi connectivity index (χ0n) is 11.6. The highest BCUT2D eigenvalue weighted by Gasteiger charge is 2.22. The van der Waals surface area contributed by atoms with E-state index in [1.54, 1.807) is 12.1 Å². The third-order valence-corrected chi connectivity index (χ3v) is 3.68. The molecule has 0 bridgehead atoms. The molecule has 0 N–H and O–H groups in total. The first kappa shape index (κ1) is 15.7. The average Bonchev–Trinajstić information content (AvgIpc) is 2.37. The summed E-state index contributed by atoms with van der Waals surface area (Å²) >= 11 is 3.40. The number of esters is 1. The van der Waals surface area contributed by atoms with Gasteiger partial charge in [0.25, 0.3) is 5.91 Å². The Morgan fingerprint density at radius 3 is 2.47 bits per heavy atom. The summed E-state index contributed by atoms with van der Waals surface area (Å²) in [5.41, 5.74) is 1.61. The van der Waals surface area contributed by atoms with Gasteiger partial charge in [-0.05, 0) is 38.5 Å². The SMILES string of the molecule is COC(=O)CN(C(=O)c1ccc(C)c(Br)c1)C(C)C. The van der Waals surface area contributed by atoms with Crippen molar-refractivity contribution in [1.82, 2.24) is 4.90 Å². The summed E-state index contributed by atoms with van der Waals surface area (Å²) in [5.74, 6) is -0.602. The minimum atomic E-state index is -0.423. The second-order valence-electron chi connectivity index (χ2n) is 4.57. The average molecular weight is 328 g/mol. The maximum Gasteiger partial charge on any atom is 0.325 e. The van der Waals surface area contributed by atoms with Crippen LogP contribution in [0.25, 0.3) is 0 Å². The number of amides is 1. The number of ether oxygens (including phenoxy) is 1. The van der Waals surface area contributed by atoms with E-state index in [0.717, 1.165) is 10.0 Å². The molecule has 0 atom stereocenters. The van der Waals surface area contributed by atoms with Crippen LogP contribution in [-0.4, -0.2) is 36.5 Å². The van der Waals surface area contributed by atoms with Crippen LogP contribution in [-0.2, 0) is 9.53 Å². The summed E-state index contributed by atoms with van der Waals surface area (Å²) in [7, 11) is 1.31. The highest BCUT2D eigenvalue weighted by Crippen LogP contribution is 2.19. The van der Waals surface area contributed by atoms with Crippen molar-refractivity contribution in [3.05, 3.63) is 33.8 Å². The van der Waals surface area contributed by atoms with E-state index in [2.05, 4.69) is 20.7 Å². The van der Waals surface area contributed by atoms with E-state index in [1.807, 2.05) is 26.8 Å². The third-order valence-electron chi connectivity index (χ3n) is 2.83. The quantitative estimate of drug-likeness (QED) is 0.799. The van der Waals surface area contributed by atoms with Gasteiger partial charge in [-0.2, -0.15) is 0 Å². The van der Waals surface area contributed by atoms with Crippen LogP contribution in [0.15, 0.2) is 22.7 Å². The number of rotatable bonds is 4. The Bertz CT molecular complexity index is 486. The van der Waals surface area contributed by atoms with E-state index < -0.39 is 5.97 Å². The van der Waals surface area contributed by atoms with Crippen LogP contribution in [0.4, 0.5) is 0 Å². The molecule has 19 heavy (non-hydrogen) atoms. The minimum Gasteiger partial charge on any atom is -0.468 e. The highest BCUT2D eigenvalue weighted by atomic mass is 79.9. The molecular weight excluding hydrogens is 310 g/mol. The molecule has 0 heterocycles. The van der Waals surface area contributed by atoms with Crippen molar-refractivity contribution < 1.29 is 14.3 Å². The third kappa shape index (κ3) is 4.06. The Hall–Kier alpha value is -1.36. The van der Waals surface area contributed by atoms with Crippen molar-refractivity contribution in [2.24, 2.45) is 0 Å². The number of hydrogen-bond donors (Lipinski definition) is 0. The normalized spacial score (nSPS) is 10.4. The number of hydrogen-bond acceptors (Lipinski definition) is 3. The molecule has 0 aliphatic rings. The largest absolute Gasteiger partial charge is 0.468 e. The fourth-order valence-corrected chi connectivity index (χ4v) is 1.96. The van der Waals surface area contributed by atoms with E-state index in [1.165, 1.54) is 12.0 Å². The van der Waals surface area contributed by atoms with Gasteiger partial charge in [0, 0.05) is 16.1 Å². The van der Waals surface area contributed by atoms with Crippen LogP contribution in [0, 0.1) is 6.92 Å². The van der Waals surface area contributed by atoms with Crippen LogP contribution in [0.5, 0.6) is 0 Å². The maximum absolute atomic E-state index is 12.4. The van der Waals surface area contributed by atoms with E-state index in [9.17, 15) is 9.59 Å². The molecule has 0 saturated carbocycles. The molecule has 0 saturated heterocycles. The zero-order chi connectivity index (χ0) is 14.6. The lowest BCUT2D eigenvalue weighted by molar-refractivity contribution is -0.141. The Morgan fingerprint density at radius 2 is 2.00 bits per heavy atom. The smallest absolute Gasteiger partial charge is 0.325 e. The molecule has 0 spiro atoms. The van der Waals surface area contributed by atoms with Crippen LogP contribution in [0.2, 0.25) is 0 Å². The first-order valence-electron chi connectivity index (χ1n) is 6.00.